The zero-order valence-electron chi connectivity index (χ0n) is 8.94. The van der Waals surface area contributed by atoms with Crippen LogP contribution in [0, 0.1) is 0 Å². The lowest BCUT2D eigenvalue weighted by Crippen LogP contribution is -2.06. The molecule has 7 heteroatoms. The summed E-state index contributed by atoms with van der Waals surface area (Å²) in [5.41, 5.74) is 7.00. The zero-order chi connectivity index (χ0) is 11.5. The molecule has 16 heavy (non-hydrogen) atoms. The fourth-order valence-corrected chi connectivity index (χ4v) is 1.38. The molecule has 5 N–H and O–H groups in total. The van der Waals surface area contributed by atoms with E-state index < -0.39 is 0 Å². The number of nitrogens with zero attached hydrogens (tertiary/aromatic N) is 3. The summed E-state index contributed by atoms with van der Waals surface area (Å²) >= 11 is 0. The van der Waals surface area contributed by atoms with Gasteiger partial charge in [-0.05, 0) is 12.8 Å². The summed E-state index contributed by atoms with van der Waals surface area (Å²) in [5.74, 6) is 1.01. The molecule has 0 aliphatic heterocycles. The van der Waals surface area contributed by atoms with E-state index in [1.807, 2.05) is 0 Å². The number of aromatic nitrogens is 4. The van der Waals surface area contributed by atoms with Crippen molar-refractivity contribution in [1.82, 2.24) is 19.9 Å². The molecule has 1 saturated carbocycles. The van der Waals surface area contributed by atoms with Gasteiger partial charge in [-0.3, -0.25) is 0 Å². The first kappa shape index (κ1) is 10.6. The van der Waals surface area contributed by atoms with Crippen LogP contribution in [0.2, 0.25) is 0 Å². The molecule has 0 saturated heterocycles. The molecule has 86 valence electrons. The largest absolute Gasteiger partial charge is 0.400 e. The highest BCUT2D eigenvalue weighted by Crippen LogP contribution is 2.26. The molecule has 0 atom stereocenters. The molecule has 0 radical (unpaired) electrons. The number of hydrogen-bond acceptors (Lipinski definition) is 6. The van der Waals surface area contributed by atoms with Crippen molar-refractivity contribution in [2.45, 2.75) is 18.9 Å². The fraction of sp³-hybridized carbons (Fsp3) is 0.444. The maximum absolute atomic E-state index is 7.00. The number of H-pyrrole nitrogens is 1. The van der Waals surface area contributed by atoms with Crippen LogP contribution in [0.4, 0.5) is 11.8 Å². The molecular weight excluding hydrogens is 208 g/mol. The quantitative estimate of drug-likeness (QED) is 0.574. The van der Waals surface area contributed by atoms with Gasteiger partial charge in [0.1, 0.15) is 5.52 Å². The predicted molar refractivity (Wildman–Crippen MR) is 60.9 cm³/mol. The third-order valence-corrected chi connectivity index (χ3v) is 2.22. The molecule has 0 spiro atoms. The summed E-state index contributed by atoms with van der Waals surface area (Å²) < 4.78 is 0. The zero-order valence-corrected chi connectivity index (χ0v) is 8.94. The topological polar surface area (TPSA) is 113 Å². The number of anilines is 2. The lowest BCUT2D eigenvalue weighted by atomic mass is 10.4. The average molecular weight is 222 g/mol. The van der Waals surface area contributed by atoms with E-state index in [4.69, 9.17) is 10.8 Å². The first-order valence-electron chi connectivity index (χ1n) is 5.01. The summed E-state index contributed by atoms with van der Waals surface area (Å²) in [7, 11) is 1.00. The van der Waals surface area contributed by atoms with Crippen molar-refractivity contribution in [3.63, 3.8) is 0 Å². The molecular formula is C9H14N6O. The molecule has 1 fully saturated rings. The van der Waals surface area contributed by atoms with Crippen LogP contribution in [-0.4, -0.2) is 38.2 Å². The number of nitrogens with one attached hydrogen (secondary N) is 2. The van der Waals surface area contributed by atoms with Crippen molar-refractivity contribution in [1.29, 1.82) is 0 Å². The van der Waals surface area contributed by atoms with Crippen LogP contribution in [0.15, 0.2) is 6.33 Å². The van der Waals surface area contributed by atoms with E-state index in [0.717, 1.165) is 18.4 Å². The van der Waals surface area contributed by atoms with Gasteiger partial charge in [-0.2, -0.15) is 9.97 Å². The molecule has 0 aromatic carbocycles. The molecule has 1 aliphatic carbocycles. The van der Waals surface area contributed by atoms with Gasteiger partial charge in [0.25, 0.3) is 0 Å². The Morgan fingerprint density at radius 3 is 2.88 bits per heavy atom. The predicted octanol–water partition coefficient (Wildman–Crippen LogP) is 0.118. The van der Waals surface area contributed by atoms with E-state index in [0.29, 0.717) is 11.7 Å². The Hall–Kier alpha value is -1.89. The number of fused-ring (bicyclic) bond motifs is 1. The van der Waals surface area contributed by atoms with Crippen LogP contribution in [0.5, 0.6) is 0 Å². The van der Waals surface area contributed by atoms with Crippen molar-refractivity contribution in [2.24, 2.45) is 0 Å². The average Bonchev–Trinajstić information content (AvgIpc) is 2.96. The minimum absolute atomic E-state index is 0.257. The Morgan fingerprint density at radius 1 is 1.44 bits per heavy atom. The number of aliphatic hydroxyl groups excluding tert-OH is 1. The first-order chi connectivity index (χ1) is 7.83. The number of nitrogens with two attached hydrogens (primary N) is 1. The minimum atomic E-state index is 0.257. The number of hydrogen-bond donors (Lipinski definition) is 4. The number of aliphatic hydroxyl groups is 1. The second-order valence-corrected chi connectivity index (χ2v) is 3.45. The van der Waals surface area contributed by atoms with Crippen molar-refractivity contribution >= 4 is 22.9 Å². The third-order valence-electron chi connectivity index (χ3n) is 2.22. The van der Waals surface area contributed by atoms with Gasteiger partial charge < -0.3 is 21.1 Å². The normalized spacial score (nSPS) is 14.4. The third kappa shape index (κ3) is 2.03. The summed E-state index contributed by atoms with van der Waals surface area (Å²) in [4.78, 5) is 15.2. The SMILES string of the molecule is CO.Nc1nc(NC2CC2)c2[nH]cnc2n1. The molecule has 0 bridgehead atoms. The van der Waals surface area contributed by atoms with Crippen molar-refractivity contribution < 1.29 is 5.11 Å². The van der Waals surface area contributed by atoms with Gasteiger partial charge in [0.05, 0.1) is 6.33 Å². The highest BCUT2D eigenvalue weighted by atomic mass is 16.2. The lowest BCUT2D eigenvalue weighted by molar-refractivity contribution is 0.399. The Morgan fingerprint density at radius 2 is 2.19 bits per heavy atom. The monoisotopic (exact) mass is 222 g/mol. The van der Waals surface area contributed by atoms with E-state index in [1.165, 1.54) is 12.8 Å². The molecule has 2 heterocycles. The van der Waals surface area contributed by atoms with E-state index in [2.05, 4.69) is 25.3 Å². The van der Waals surface area contributed by atoms with Crippen LogP contribution in [0.1, 0.15) is 12.8 Å². The van der Waals surface area contributed by atoms with Gasteiger partial charge in [0.2, 0.25) is 5.95 Å². The smallest absolute Gasteiger partial charge is 0.224 e. The van der Waals surface area contributed by atoms with Gasteiger partial charge in [0.15, 0.2) is 11.5 Å². The highest BCUT2D eigenvalue weighted by Gasteiger charge is 2.23. The Labute approximate surface area is 92.1 Å². The van der Waals surface area contributed by atoms with Gasteiger partial charge >= 0.3 is 0 Å². The highest BCUT2D eigenvalue weighted by molar-refractivity contribution is 5.83. The maximum Gasteiger partial charge on any atom is 0.224 e. The van der Waals surface area contributed by atoms with Crippen molar-refractivity contribution in [2.75, 3.05) is 18.2 Å². The summed E-state index contributed by atoms with van der Waals surface area (Å²) in [6.07, 6.45) is 3.98. The van der Waals surface area contributed by atoms with Gasteiger partial charge in [-0.15, -0.1) is 0 Å². The molecule has 2 aromatic rings. The standard InChI is InChI=1S/C8H10N6.CH4O/c9-8-13-6-5(10-3-11-6)7(14-8)12-4-1-2-4;1-2/h3-4H,1-2H2,(H4,9,10,11,12,13,14);2H,1H3. The van der Waals surface area contributed by atoms with E-state index in [1.54, 1.807) is 6.33 Å². The van der Waals surface area contributed by atoms with Crippen LogP contribution in [-0.2, 0) is 0 Å². The van der Waals surface area contributed by atoms with Crippen LogP contribution < -0.4 is 11.1 Å². The lowest BCUT2D eigenvalue weighted by Gasteiger charge is -2.04. The minimum Gasteiger partial charge on any atom is -0.400 e. The fourth-order valence-electron chi connectivity index (χ4n) is 1.38. The second kappa shape index (κ2) is 4.31. The van der Waals surface area contributed by atoms with Gasteiger partial charge in [-0.1, -0.05) is 0 Å². The van der Waals surface area contributed by atoms with Crippen molar-refractivity contribution in [3.05, 3.63) is 6.33 Å². The molecule has 3 rings (SSSR count). The van der Waals surface area contributed by atoms with Gasteiger partial charge in [-0.25, -0.2) is 4.98 Å². The second-order valence-electron chi connectivity index (χ2n) is 3.45. The summed E-state index contributed by atoms with van der Waals surface area (Å²) in [6.45, 7) is 0. The Balaban J connectivity index is 0.000000457. The Bertz CT molecular complexity index is 478. The number of aromatic amines is 1. The van der Waals surface area contributed by atoms with E-state index in [9.17, 15) is 0 Å². The summed E-state index contributed by atoms with van der Waals surface area (Å²) in [5, 5.41) is 10.3. The van der Waals surface area contributed by atoms with E-state index >= 15 is 0 Å². The number of imidazole rings is 1. The first-order valence-corrected chi connectivity index (χ1v) is 5.01. The Kier molecular flexibility index (Phi) is 2.86. The maximum atomic E-state index is 7.00. The van der Waals surface area contributed by atoms with Crippen LogP contribution in [0.3, 0.4) is 0 Å². The van der Waals surface area contributed by atoms with Crippen LogP contribution in [0.25, 0.3) is 11.2 Å². The van der Waals surface area contributed by atoms with Crippen LogP contribution >= 0.6 is 0 Å². The molecule has 2 aromatic heterocycles. The number of rotatable bonds is 2. The molecule has 0 unspecified atom stereocenters. The molecule has 7 nitrogen and oxygen atoms in total. The molecule has 1 aliphatic rings. The summed E-state index contributed by atoms with van der Waals surface area (Å²) in [6, 6.07) is 0.538. The van der Waals surface area contributed by atoms with Gasteiger partial charge in [0, 0.05) is 13.2 Å². The number of nitrogen functional groups attached to an aromatic ring is 1. The molecule has 0 amide bonds. The van der Waals surface area contributed by atoms with Crippen molar-refractivity contribution in [3.8, 4) is 0 Å². The van der Waals surface area contributed by atoms with E-state index in [-0.39, 0.29) is 5.95 Å².